The largest absolute Gasteiger partial charge is 0.380 e. The lowest BCUT2D eigenvalue weighted by Gasteiger charge is -2.08. The van der Waals surface area contributed by atoms with Crippen LogP contribution in [0.15, 0.2) is 46.9 Å². The first-order chi connectivity index (χ1) is 9.97. The lowest BCUT2D eigenvalue weighted by Crippen LogP contribution is -2.01. The molecule has 2 aromatic rings. The molecular weight excluding hydrogens is 342 g/mol. The molecule has 2 aromatic carbocycles. The summed E-state index contributed by atoms with van der Waals surface area (Å²) in [7, 11) is 0. The minimum Gasteiger partial charge on any atom is -0.380 e. The summed E-state index contributed by atoms with van der Waals surface area (Å²) >= 11 is 3.31. The molecule has 7 nitrogen and oxygen atoms in total. The molecule has 0 aliphatic rings. The van der Waals surface area contributed by atoms with Crippen molar-refractivity contribution in [2.45, 2.75) is 6.54 Å². The number of non-ortho nitro benzene ring substituents is 2. The van der Waals surface area contributed by atoms with Gasteiger partial charge in [-0.1, -0.05) is 12.1 Å². The van der Waals surface area contributed by atoms with Crippen molar-refractivity contribution in [3.8, 4) is 0 Å². The van der Waals surface area contributed by atoms with Gasteiger partial charge < -0.3 is 5.32 Å². The van der Waals surface area contributed by atoms with E-state index in [-0.39, 0.29) is 11.4 Å². The Morgan fingerprint density at radius 1 is 0.952 bits per heavy atom. The molecule has 0 spiro atoms. The molecule has 108 valence electrons. The summed E-state index contributed by atoms with van der Waals surface area (Å²) in [6.07, 6.45) is 0. The Hall–Kier alpha value is -2.48. The van der Waals surface area contributed by atoms with E-state index >= 15 is 0 Å². The number of nitro groups is 2. The Bertz CT molecular complexity index is 688. The van der Waals surface area contributed by atoms with Crippen LogP contribution in [0.5, 0.6) is 0 Å². The number of nitro benzene ring substituents is 2. The average molecular weight is 352 g/mol. The van der Waals surface area contributed by atoms with Crippen LogP contribution in [0.2, 0.25) is 0 Å². The number of hydrogen-bond donors (Lipinski definition) is 1. The van der Waals surface area contributed by atoms with Crippen molar-refractivity contribution < 1.29 is 9.85 Å². The number of halogens is 1. The van der Waals surface area contributed by atoms with Crippen LogP contribution in [0.4, 0.5) is 17.1 Å². The van der Waals surface area contributed by atoms with Gasteiger partial charge in [0, 0.05) is 35.3 Å². The van der Waals surface area contributed by atoms with E-state index < -0.39 is 9.85 Å². The fourth-order valence-corrected chi connectivity index (χ4v) is 2.08. The van der Waals surface area contributed by atoms with Crippen LogP contribution >= 0.6 is 15.9 Å². The van der Waals surface area contributed by atoms with Gasteiger partial charge >= 0.3 is 0 Å². The average Bonchev–Trinajstić information content (AvgIpc) is 2.46. The Morgan fingerprint density at radius 2 is 1.52 bits per heavy atom. The third-order valence-electron chi connectivity index (χ3n) is 2.79. The van der Waals surface area contributed by atoms with Gasteiger partial charge in [-0.3, -0.25) is 20.2 Å². The number of nitrogens with zero attached hydrogens (tertiary/aromatic N) is 2. The lowest BCUT2D eigenvalue weighted by molar-refractivity contribution is -0.385. The second-order valence-corrected chi connectivity index (χ2v) is 5.05. The second-order valence-electron chi connectivity index (χ2n) is 4.20. The Balaban J connectivity index is 2.10. The van der Waals surface area contributed by atoms with Crippen LogP contribution in [0, 0.1) is 20.2 Å². The third kappa shape index (κ3) is 3.76. The first-order valence-corrected chi connectivity index (χ1v) is 6.68. The number of hydrogen-bond acceptors (Lipinski definition) is 5. The van der Waals surface area contributed by atoms with Crippen LogP contribution in [0.1, 0.15) is 5.56 Å². The van der Waals surface area contributed by atoms with Gasteiger partial charge in [-0.15, -0.1) is 0 Å². The molecule has 0 saturated heterocycles. The minimum absolute atomic E-state index is 0.00982. The summed E-state index contributed by atoms with van der Waals surface area (Å²) in [5.41, 5.74) is 1.43. The molecule has 8 heteroatoms. The Morgan fingerprint density at radius 3 is 2.10 bits per heavy atom. The van der Waals surface area contributed by atoms with Gasteiger partial charge in [0.25, 0.3) is 11.4 Å². The van der Waals surface area contributed by atoms with E-state index in [0.29, 0.717) is 16.7 Å². The van der Waals surface area contributed by atoms with Crippen molar-refractivity contribution in [2.24, 2.45) is 0 Å². The normalized spacial score (nSPS) is 10.1. The highest BCUT2D eigenvalue weighted by Crippen LogP contribution is 2.27. The maximum absolute atomic E-state index is 10.7. The number of nitrogens with one attached hydrogen (secondary N) is 1. The van der Waals surface area contributed by atoms with E-state index in [1.54, 1.807) is 18.2 Å². The number of anilines is 1. The number of rotatable bonds is 5. The summed E-state index contributed by atoms with van der Waals surface area (Å²) in [6.45, 7) is 0.401. The molecule has 2 rings (SSSR count). The molecular formula is C13H10BrN3O4. The van der Waals surface area contributed by atoms with Gasteiger partial charge in [0.15, 0.2) is 0 Å². The van der Waals surface area contributed by atoms with Crippen molar-refractivity contribution in [1.82, 2.24) is 0 Å². The van der Waals surface area contributed by atoms with Gasteiger partial charge in [-0.2, -0.15) is 0 Å². The highest BCUT2D eigenvalue weighted by molar-refractivity contribution is 9.10. The lowest BCUT2D eigenvalue weighted by atomic mass is 10.2. The molecule has 0 heterocycles. The molecule has 0 bridgehead atoms. The van der Waals surface area contributed by atoms with E-state index in [1.165, 1.54) is 24.3 Å². The number of benzene rings is 2. The fourth-order valence-electron chi connectivity index (χ4n) is 1.70. The highest BCUT2D eigenvalue weighted by atomic mass is 79.9. The maximum Gasteiger partial charge on any atom is 0.271 e. The third-order valence-corrected chi connectivity index (χ3v) is 3.48. The van der Waals surface area contributed by atoms with E-state index in [2.05, 4.69) is 21.2 Å². The summed E-state index contributed by atoms with van der Waals surface area (Å²) in [6, 6.07) is 10.5. The molecule has 21 heavy (non-hydrogen) atoms. The second kappa shape index (κ2) is 6.31. The zero-order valence-electron chi connectivity index (χ0n) is 10.7. The first kappa shape index (κ1) is 14.9. The Labute approximate surface area is 128 Å². The predicted molar refractivity (Wildman–Crippen MR) is 81.2 cm³/mol. The van der Waals surface area contributed by atoms with Gasteiger partial charge in [0.1, 0.15) is 0 Å². The quantitative estimate of drug-likeness (QED) is 0.650. The van der Waals surface area contributed by atoms with Crippen LogP contribution in [0.3, 0.4) is 0 Å². The van der Waals surface area contributed by atoms with Crippen molar-refractivity contribution in [2.75, 3.05) is 5.32 Å². The molecule has 0 radical (unpaired) electrons. The predicted octanol–water partition coefficient (Wildman–Crippen LogP) is 3.88. The SMILES string of the molecule is O=[N+]([O-])c1ccc(CNc2cc([N+](=O)[O-])ccc2Br)cc1. The van der Waals surface area contributed by atoms with Gasteiger partial charge in [-0.05, 0) is 27.6 Å². The zero-order valence-corrected chi connectivity index (χ0v) is 12.2. The highest BCUT2D eigenvalue weighted by Gasteiger charge is 2.09. The van der Waals surface area contributed by atoms with E-state index in [0.717, 1.165) is 5.56 Å². The van der Waals surface area contributed by atoms with Crippen molar-refractivity contribution >= 4 is 33.0 Å². The molecule has 0 atom stereocenters. The van der Waals surface area contributed by atoms with E-state index in [1.807, 2.05) is 0 Å². The Kier molecular flexibility index (Phi) is 4.49. The standard InChI is InChI=1S/C13H10BrN3O4/c14-12-6-5-11(17(20)21)7-13(12)15-8-9-1-3-10(4-2-9)16(18)19/h1-7,15H,8H2. The molecule has 0 unspecified atom stereocenters. The zero-order chi connectivity index (χ0) is 15.4. The summed E-state index contributed by atoms with van der Waals surface area (Å²) < 4.78 is 0.704. The summed E-state index contributed by atoms with van der Waals surface area (Å²) in [5, 5.41) is 24.3. The van der Waals surface area contributed by atoms with Crippen LogP contribution in [-0.2, 0) is 6.54 Å². The smallest absolute Gasteiger partial charge is 0.271 e. The minimum atomic E-state index is -0.469. The molecule has 0 fully saturated rings. The van der Waals surface area contributed by atoms with Gasteiger partial charge in [-0.25, -0.2) is 0 Å². The van der Waals surface area contributed by atoms with E-state index in [9.17, 15) is 20.2 Å². The van der Waals surface area contributed by atoms with E-state index in [4.69, 9.17) is 0 Å². The first-order valence-electron chi connectivity index (χ1n) is 5.88. The molecule has 0 aliphatic heterocycles. The molecule has 0 aromatic heterocycles. The molecule has 0 amide bonds. The van der Waals surface area contributed by atoms with Crippen molar-refractivity contribution in [1.29, 1.82) is 0 Å². The molecule has 0 aliphatic carbocycles. The monoisotopic (exact) mass is 351 g/mol. The van der Waals surface area contributed by atoms with Crippen LogP contribution in [0.25, 0.3) is 0 Å². The molecule has 1 N–H and O–H groups in total. The van der Waals surface area contributed by atoms with Crippen molar-refractivity contribution in [3.05, 3.63) is 72.7 Å². The topological polar surface area (TPSA) is 98.3 Å². The van der Waals surface area contributed by atoms with Crippen LogP contribution < -0.4 is 5.32 Å². The summed E-state index contributed by atoms with van der Waals surface area (Å²) in [4.78, 5) is 20.4. The van der Waals surface area contributed by atoms with Gasteiger partial charge in [0.05, 0.1) is 15.5 Å². The summed E-state index contributed by atoms with van der Waals surface area (Å²) in [5.74, 6) is 0. The van der Waals surface area contributed by atoms with Crippen molar-refractivity contribution in [3.63, 3.8) is 0 Å². The van der Waals surface area contributed by atoms with Crippen LogP contribution in [-0.4, -0.2) is 9.85 Å². The van der Waals surface area contributed by atoms with Gasteiger partial charge in [0.2, 0.25) is 0 Å². The fraction of sp³-hybridized carbons (Fsp3) is 0.0769. The molecule has 0 saturated carbocycles. The maximum atomic E-state index is 10.7.